The highest BCUT2D eigenvalue weighted by Gasteiger charge is 2.49. The Kier molecular flexibility index (Phi) is 8.27. The summed E-state index contributed by atoms with van der Waals surface area (Å²) in [6, 6.07) is 6.10. The molecule has 9 nitrogen and oxygen atoms in total. The van der Waals surface area contributed by atoms with Gasteiger partial charge in [0, 0.05) is 60.8 Å². The van der Waals surface area contributed by atoms with Gasteiger partial charge in [0.15, 0.2) is 5.82 Å². The van der Waals surface area contributed by atoms with Gasteiger partial charge < -0.3 is 24.2 Å². The van der Waals surface area contributed by atoms with E-state index in [4.69, 9.17) is 25.6 Å². The average molecular weight is 656 g/mol. The highest BCUT2D eigenvalue weighted by atomic mass is 19.1. The fraction of sp³-hybridized carbons (Fsp3) is 0.486. The molecular weight excluding hydrogens is 616 g/mol. The summed E-state index contributed by atoms with van der Waals surface area (Å²) in [5.74, 6) is 2.05. The quantitative estimate of drug-likeness (QED) is 0.252. The molecule has 3 saturated heterocycles. The number of anilines is 1. The minimum absolute atomic E-state index is 0.0180. The van der Waals surface area contributed by atoms with E-state index in [1.165, 1.54) is 30.5 Å². The van der Waals surface area contributed by atoms with Crippen LogP contribution < -0.4 is 9.64 Å². The number of rotatable bonds is 7. The highest BCUT2D eigenvalue weighted by molar-refractivity contribution is 6.03. The van der Waals surface area contributed by atoms with Crippen molar-refractivity contribution in [1.29, 1.82) is 0 Å². The van der Waals surface area contributed by atoms with Gasteiger partial charge in [-0.05, 0) is 62.2 Å². The molecule has 1 aliphatic carbocycles. The molecular formula is C37H39F2N5O4. The lowest BCUT2D eigenvalue weighted by Gasteiger charge is -2.48. The highest BCUT2D eigenvalue weighted by Crippen LogP contribution is 2.48. The van der Waals surface area contributed by atoms with Gasteiger partial charge in [0.25, 0.3) is 0 Å². The number of benzene rings is 2. The SMILES string of the molecule is C#Cc1c(F)ccc2cc(O)cc(-c3ncc4c(N5CCCOCC5)nc(OC[C@]56CCC[C@H]5N(CC5COC5)CCC6)nc4c3F)c12. The third kappa shape index (κ3) is 5.50. The molecule has 4 aromatic rings. The molecule has 1 saturated carbocycles. The predicted octanol–water partition coefficient (Wildman–Crippen LogP) is 5.70. The van der Waals surface area contributed by atoms with Gasteiger partial charge in [-0.1, -0.05) is 18.4 Å². The minimum Gasteiger partial charge on any atom is -0.508 e. The Balaban J connectivity index is 1.21. The molecule has 8 rings (SSSR count). The molecule has 48 heavy (non-hydrogen) atoms. The molecule has 2 aromatic heterocycles. The summed E-state index contributed by atoms with van der Waals surface area (Å²) >= 11 is 0. The molecule has 1 N–H and O–H groups in total. The van der Waals surface area contributed by atoms with Crippen LogP contribution in [0, 0.1) is 35.3 Å². The number of nitrogens with zero attached hydrogens (tertiary/aromatic N) is 5. The van der Waals surface area contributed by atoms with Gasteiger partial charge in [-0.3, -0.25) is 9.88 Å². The number of hydrogen-bond acceptors (Lipinski definition) is 9. The second-order valence-electron chi connectivity index (χ2n) is 13.7. The van der Waals surface area contributed by atoms with Crippen molar-refractivity contribution in [2.24, 2.45) is 11.3 Å². The van der Waals surface area contributed by atoms with E-state index in [9.17, 15) is 9.50 Å². The number of piperidine rings is 1. The number of fused-ring (bicyclic) bond motifs is 3. The zero-order valence-electron chi connectivity index (χ0n) is 26.9. The molecule has 0 amide bonds. The van der Waals surface area contributed by atoms with E-state index in [-0.39, 0.29) is 44.9 Å². The van der Waals surface area contributed by atoms with Crippen LogP contribution >= 0.6 is 0 Å². The van der Waals surface area contributed by atoms with Crippen LogP contribution in [0.5, 0.6) is 11.8 Å². The summed E-state index contributed by atoms with van der Waals surface area (Å²) < 4.78 is 49.4. The fourth-order valence-electron chi connectivity index (χ4n) is 8.39. The number of phenols is 1. The molecule has 0 spiro atoms. The maximum absolute atomic E-state index is 16.9. The van der Waals surface area contributed by atoms with Crippen LogP contribution in [0.25, 0.3) is 32.9 Å². The van der Waals surface area contributed by atoms with E-state index in [0.29, 0.717) is 61.5 Å². The number of aromatic hydroxyl groups is 1. The predicted molar refractivity (Wildman–Crippen MR) is 178 cm³/mol. The second-order valence-corrected chi connectivity index (χ2v) is 13.7. The third-order valence-electron chi connectivity index (χ3n) is 10.7. The van der Waals surface area contributed by atoms with Crippen molar-refractivity contribution in [3.63, 3.8) is 0 Å². The number of ether oxygens (including phenoxy) is 3. The number of aromatic nitrogens is 3. The monoisotopic (exact) mass is 655 g/mol. The molecule has 4 aliphatic rings. The standard InChI is InChI=1S/C37H39F2N5O4/c1-2-26-29(38)8-7-24-16-25(45)17-27(31(24)26)33-32(39)34-28(18-40-33)35(43-12-5-14-46-15-13-43)42-36(41-34)48-22-37-9-3-6-30(37)44(11-4-10-37)19-23-20-47-21-23/h1,7-8,16-18,23,30,45H,3-6,9-15,19-22H2/t30-,37-/m1/s1. The van der Waals surface area contributed by atoms with Crippen molar-refractivity contribution in [3.05, 3.63) is 47.7 Å². The molecule has 4 fully saturated rings. The van der Waals surface area contributed by atoms with Gasteiger partial charge in [-0.2, -0.15) is 9.97 Å². The number of hydrogen-bond donors (Lipinski definition) is 1. The summed E-state index contributed by atoms with van der Waals surface area (Å²) in [6.07, 6.45) is 13.6. The first-order chi connectivity index (χ1) is 23.4. The van der Waals surface area contributed by atoms with Crippen molar-refractivity contribution in [2.45, 2.75) is 44.6 Å². The van der Waals surface area contributed by atoms with Crippen molar-refractivity contribution < 1.29 is 28.1 Å². The first-order valence-corrected chi connectivity index (χ1v) is 17.0. The van der Waals surface area contributed by atoms with Gasteiger partial charge in [-0.15, -0.1) is 6.42 Å². The van der Waals surface area contributed by atoms with Crippen LogP contribution in [0.4, 0.5) is 14.6 Å². The first-order valence-electron chi connectivity index (χ1n) is 17.0. The topological polar surface area (TPSA) is 93.1 Å². The van der Waals surface area contributed by atoms with Crippen molar-refractivity contribution in [1.82, 2.24) is 19.9 Å². The van der Waals surface area contributed by atoms with Crippen LogP contribution in [0.2, 0.25) is 0 Å². The molecule has 250 valence electrons. The van der Waals surface area contributed by atoms with Crippen LogP contribution in [0.3, 0.4) is 0 Å². The van der Waals surface area contributed by atoms with E-state index in [1.807, 2.05) is 0 Å². The maximum Gasteiger partial charge on any atom is 0.319 e. The smallest absolute Gasteiger partial charge is 0.319 e. The van der Waals surface area contributed by atoms with Crippen molar-refractivity contribution in [2.75, 3.05) is 64.1 Å². The van der Waals surface area contributed by atoms with Crippen LogP contribution in [0.1, 0.15) is 44.1 Å². The van der Waals surface area contributed by atoms with E-state index in [2.05, 4.69) is 25.7 Å². The first kappa shape index (κ1) is 31.2. The summed E-state index contributed by atoms with van der Waals surface area (Å²) in [6.45, 7) is 6.65. The molecule has 11 heteroatoms. The van der Waals surface area contributed by atoms with Crippen LogP contribution in [0.15, 0.2) is 30.5 Å². The van der Waals surface area contributed by atoms with E-state index < -0.39 is 11.6 Å². The van der Waals surface area contributed by atoms with Gasteiger partial charge in [-0.25, -0.2) is 8.78 Å². The average Bonchev–Trinajstić information content (AvgIpc) is 3.32. The molecule has 5 heterocycles. The fourth-order valence-corrected chi connectivity index (χ4v) is 8.39. The number of phenolic OH excluding ortho intramolecular Hbond substituents is 1. The van der Waals surface area contributed by atoms with E-state index >= 15 is 4.39 Å². The zero-order valence-corrected chi connectivity index (χ0v) is 26.9. The summed E-state index contributed by atoms with van der Waals surface area (Å²) in [5, 5.41) is 11.8. The lowest BCUT2D eigenvalue weighted by molar-refractivity contribution is -0.0731. The summed E-state index contributed by atoms with van der Waals surface area (Å²) in [5.41, 5.74) is 0.0660. The Morgan fingerprint density at radius 1 is 1.04 bits per heavy atom. The largest absolute Gasteiger partial charge is 0.508 e. The molecule has 2 aromatic carbocycles. The summed E-state index contributed by atoms with van der Waals surface area (Å²) in [7, 11) is 0. The van der Waals surface area contributed by atoms with E-state index in [0.717, 1.165) is 64.8 Å². The van der Waals surface area contributed by atoms with Crippen LogP contribution in [-0.2, 0) is 9.47 Å². The second kappa shape index (κ2) is 12.7. The normalized spacial score (nSPS) is 23.5. The lowest BCUT2D eigenvalue weighted by atomic mass is 9.75. The maximum atomic E-state index is 16.9. The number of likely N-dealkylation sites (tertiary alicyclic amines) is 1. The van der Waals surface area contributed by atoms with Crippen LogP contribution in [-0.4, -0.2) is 90.2 Å². The number of pyridine rings is 1. The molecule has 0 unspecified atom stereocenters. The van der Waals surface area contributed by atoms with Gasteiger partial charge in [0.1, 0.15) is 28.6 Å². The van der Waals surface area contributed by atoms with Crippen molar-refractivity contribution >= 4 is 27.5 Å². The molecule has 2 atom stereocenters. The molecule has 3 aliphatic heterocycles. The Morgan fingerprint density at radius 2 is 1.92 bits per heavy atom. The summed E-state index contributed by atoms with van der Waals surface area (Å²) in [4.78, 5) is 18.8. The Labute approximate surface area is 278 Å². The lowest BCUT2D eigenvalue weighted by Crippen LogP contribution is -2.54. The molecule has 0 bridgehead atoms. The van der Waals surface area contributed by atoms with E-state index in [1.54, 1.807) is 0 Å². The molecule has 0 radical (unpaired) electrons. The minimum atomic E-state index is -0.727. The number of halogens is 2. The third-order valence-corrected chi connectivity index (χ3v) is 10.7. The van der Waals surface area contributed by atoms with Gasteiger partial charge >= 0.3 is 6.01 Å². The van der Waals surface area contributed by atoms with Crippen molar-refractivity contribution in [3.8, 4) is 35.4 Å². The van der Waals surface area contributed by atoms with Gasteiger partial charge in [0.2, 0.25) is 0 Å². The van der Waals surface area contributed by atoms with Gasteiger partial charge in [0.05, 0.1) is 37.4 Å². The zero-order chi connectivity index (χ0) is 32.8. The Morgan fingerprint density at radius 3 is 2.75 bits per heavy atom. The Bertz CT molecular complexity index is 1910. The Hall–Kier alpha value is -4.11. The number of terminal acetylenes is 1.